The molecule has 1 aliphatic heterocycles. The first-order valence-corrected chi connectivity index (χ1v) is 6.42. The maximum atomic E-state index is 11.6. The van der Waals surface area contributed by atoms with Gasteiger partial charge in [-0.15, -0.1) is 0 Å². The highest BCUT2D eigenvalue weighted by Gasteiger charge is 2.23. The Morgan fingerprint density at radius 2 is 1.95 bits per heavy atom. The summed E-state index contributed by atoms with van der Waals surface area (Å²) in [5.74, 6) is 0.681. The van der Waals surface area contributed by atoms with Gasteiger partial charge in [-0.1, -0.05) is 0 Å². The number of aromatic nitrogens is 2. The molecule has 1 aromatic rings. The van der Waals surface area contributed by atoms with E-state index in [4.69, 9.17) is 10.5 Å². The molecule has 0 bridgehead atoms. The molecule has 1 aromatic heterocycles. The van der Waals surface area contributed by atoms with Gasteiger partial charge in [0.1, 0.15) is 0 Å². The van der Waals surface area contributed by atoms with E-state index in [1.807, 2.05) is 0 Å². The second kappa shape index (κ2) is 6.33. The summed E-state index contributed by atoms with van der Waals surface area (Å²) in [6.45, 7) is 5.32. The van der Waals surface area contributed by atoms with E-state index >= 15 is 0 Å². The molecule has 0 spiro atoms. The van der Waals surface area contributed by atoms with Crippen LogP contribution in [0.3, 0.4) is 0 Å². The maximum absolute atomic E-state index is 11.6. The molecule has 0 radical (unpaired) electrons. The average molecular weight is 265 g/mol. The van der Waals surface area contributed by atoms with Crippen molar-refractivity contribution in [2.45, 2.75) is 13.5 Å². The molecule has 0 saturated carbocycles. The minimum Gasteiger partial charge on any atom is -0.450 e. The summed E-state index contributed by atoms with van der Waals surface area (Å²) in [7, 11) is 0. The third-order valence-electron chi connectivity index (χ3n) is 3.02. The van der Waals surface area contributed by atoms with Crippen LogP contribution >= 0.6 is 0 Å². The van der Waals surface area contributed by atoms with Crippen molar-refractivity contribution in [2.75, 3.05) is 37.7 Å². The number of nitrogens with zero attached hydrogens (tertiary/aromatic N) is 4. The summed E-state index contributed by atoms with van der Waals surface area (Å²) < 4.78 is 4.98. The molecule has 0 aromatic carbocycles. The monoisotopic (exact) mass is 265 g/mol. The van der Waals surface area contributed by atoms with Crippen molar-refractivity contribution in [3.63, 3.8) is 0 Å². The molecule has 2 rings (SSSR count). The van der Waals surface area contributed by atoms with Crippen LogP contribution in [0.15, 0.2) is 12.4 Å². The van der Waals surface area contributed by atoms with Gasteiger partial charge >= 0.3 is 6.09 Å². The van der Waals surface area contributed by atoms with Gasteiger partial charge in [0, 0.05) is 50.7 Å². The lowest BCUT2D eigenvalue weighted by molar-refractivity contribution is 0.105. The molecule has 2 N–H and O–H groups in total. The van der Waals surface area contributed by atoms with Crippen molar-refractivity contribution in [3.05, 3.63) is 18.0 Å². The molecule has 0 aliphatic carbocycles. The highest BCUT2D eigenvalue weighted by atomic mass is 16.6. The SMILES string of the molecule is CCOC(=O)N1CCN(c2ncc(CN)cn2)CC1. The maximum Gasteiger partial charge on any atom is 0.409 e. The highest BCUT2D eigenvalue weighted by molar-refractivity contribution is 5.68. The zero-order valence-electron chi connectivity index (χ0n) is 11.1. The zero-order valence-corrected chi connectivity index (χ0v) is 11.1. The largest absolute Gasteiger partial charge is 0.450 e. The van der Waals surface area contributed by atoms with Crippen LogP contribution in [0, 0.1) is 0 Å². The first kappa shape index (κ1) is 13.5. The number of anilines is 1. The molecule has 0 atom stereocenters. The van der Waals surface area contributed by atoms with Crippen molar-refractivity contribution in [3.8, 4) is 0 Å². The number of nitrogens with two attached hydrogens (primary N) is 1. The predicted octanol–water partition coefficient (Wildman–Crippen LogP) is 0.214. The molecule has 1 aliphatic rings. The highest BCUT2D eigenvalue weighted by Crippen LogP contribution is 2.11. The van der Waals surface area contributed by atoms with Crippen molar-refractivity contribution in [1.29, 1.82) is 0 Å². The van der Waals surface area contributed by atoms with E-state index in [2.05, 4.69) is 14.9 Å². The number of carbonyl (C=O) groups is 1. The first-order chi connectivity index (χ1) is 9.24. The van der Waals surface area contributed by atoms with Crippen LogP contribution in [-0.2, 0) is 11.3 Å². The number of ether oxygens (including phenoxy) is 1. The lowest BCUT2D eigenvalue weighted by Crippen LogP contribution is -2.49. The molecule has 7 nitrogen and oxygen atoms in total. The Morgan fingerprint density at radius 3 is 2.47 bits per heavy atom. The molecule has 19 heavy (non-hydrogen) atoms. The van der Waals surface area contributed by atoms with Gasteiger partial charge in [-0.2, -0.15) is 0 Å². The third-order valence-corrected chi connectivity index (χ3v) is 3.02. The summed E-state index contributed by atoms with van der Waals surface area (Å²) in [6, 6.07) is 0. The lowest BCUT2D eigenvalue weighted by Gasteiger charge is -2.33. The Hall–Kier alpha value is -1.89. The normalized spacial score (nSPS) is 15.5. The van der Waals surface area contributed by atoms with Gasteiger partial charge in [0.2, 0.25) is 5.95 Å². The predicted molar refractivity (Wildman–Crippen MR) is 70.7 cm³/mol. The van der Waals surface area contributed by atoms with E-state index in [1.165, 1.54) is 0 Å². The average Bonchev–Trinajstić information content (AvgIpc) is 2.48. The molecular weight excluding hydrogens is 246 g/mol. The van der Waals surface area contributed by atoms with Crippen molar-refractivity contribution >= 4 is 12.0 Å². The summed E-state index contributed by atoms with van der Waals surface area (Å²) in [6.07, 6.45) is 3.22. The van der Waals surface area contributed by atoms with E-state index in [0.717, 1.165) is 5.56 Å². The number of hydrogen-bond donors (Lipinski definition) is 1. The second-order valence-corrected chi connectivity index (χ2v) is 4.27. The molecule has 0 unspecified atom stereocenters. The van der Waals surface area contributed by atoms with Crippen LogP contribution in [0.2, 0.25) is 0 Å². The van der Waals surface area contributed by atoms with Crippen LogP contribution in [0.25, 0.3) is 0 Å². The number of hydrogen-bond acceptors (Lipinski definition) is 6. The molecule has 1 fully saturated rings. The second-order valence-electron chi connectivity index (χ2n) is 4.27. The topological polar surface area (TPSA) is 84.6 Å². The van der Waals surface area contributed by atoms with Gasteiger partial charge in [-0.05, 0) is 6.92 Å². The molecule has 1 saturated heterocycles. The van der Waals surface area contributed by atoms with Gasteiger partial charge in [-0.3, -0.25) is 0 Å². The van der Waals surface area contributed by atoms with Crippen LogP contribution < -0.4 is 10.6 Å². The lowest BCUT2D eigenvalue weighted by atomic mass is 10.3. The molecule has 104 valence electrons. The van der Waals surface area contributed by atoms with E-state index in [-0.39, 0.29) is 6.09 Å². The standard InChI is InChI=1S/C12H19N5O2/c1-2-19-12(18)17-5-3-16(4-6-17)11-14-8-10(7-13)9-15-11/h8-9H,2-7,13H2,1H3. The smallest absolute Gasteiger partial charge is 0.409 e. The fraction of sp³-hybridized carbons (Fsp3) is 0.583. The Kier molecular flexibility index (Phi) is 4.51. The Labute approximate surface area is 112 Å². The van der Waals surface area contributed by atoms with Gasteiger partial charge in [0.25, 0.3) is 0 Å². The summed E-state index contributed by atoms with van der Waals surface area (Å²) >= 11 is 0. The van der Waals surface area contributed by atoms with E-state index in [9.17, 15) is 4.79 Å². The Bertz CT molecular complexity index is 415. The zero-order chi connectivity index (χ0) is 13.7. The number of amides is 1. The van der Waals surface area contributed by atoms with E-state index in [1.54, 1.807) is 24.2 Å². The van der Waals surface area contributed by atoms with Crippen LogP contribution in [0.1, 0.15) is 12.5 Å². The van der Waals surface area contributed by atoms with Crippen LogP contribution in [-0.4, -0.2) is 53.7 Å². The molecular formula is C12H19N5O2. The molecule has 2 heterocycles. The molecule has 7 heteroatoms. The summed E-state index contributed by atoms with van der Waals surface area (Å²) in [4.78, 5) is 23.9. The fourth-order valence-corrected chi connectivity index (χ4v) is 1.92. The minimum absolute atomic E-state index is 0.249. The Morgan fingerprint density at radius 1 is 1.32 bits per heavy atom. The minimum atomic E-state index is -0.249. The number of carbonyl (C=O) groups excluding carboxylic acids is 1. The van der Waals surface area contributed by atoms with Gasteiger partial charge in [0.15, 0.2) is 0 Å². The number of piperazine rings is 1. The van der Waals surface area contributed by atoms with Crippen molar-refractivity contribution in [2.24, 2.45) is 5.73 Å². The van der Waals surface area contributed by atoms with Gasteiger partial charge < -0.3 is 20.3 Å². The number of rotatable bonds is 3. The summed E-state index contributed by atoms with van der Waals surface area (Å²) in [5.41, 5.74) is 6.42. The summed E-state index contributed by atoms with van der Waals surface area (Å²) in [5, 5.41) is 0. The van der Waals surface area contributed by atoms with Gasteiger partial charge in [-0.25, -0.2) is 14.8 Å². The van der Waals surface area contributed by atoms with Crippen LogP contribution in [0.5, 0.6) is 0 Å². The fourth-order valence-electron chi connectivity index (χ4n) is 1.92. The van der Waals surface area contributed by atoms with Crippen molar-refractivity contribution < 1.29 is 9.53 Å². The van der Waals surface area contributed by atoms with Gasteiger partial charge in [0.05, 0.1) is 6.61 Å². The van der Waals surface area contributed by atoms with E-state index < -0.39 is 0 Å². The first-order valence-electron chi connectivity index (χ1n) is 6.42. The Balaban J connectivity index is 1.90. The molecule has 1 amide bonds. The van der Waals surface area contributed by atoms with Crippen molar-refractivity contribution in [1.82, 2.24) is 14.9 Å². The van der Waals surface area contributed by atoms with E-state index in [0.29, 0.717) is 45.3 Å². The quantitative estimate of drug-likeness (QED) is 0.841. The van der Waals surface area contributed by atoms with Crippen LogP contribution in [0.4, 0.5) is 10.7 Å². The third kappa shape index (κ3) is 3.31.